The van der Waals surface area contributed by atoms with Crippen molar-refractivity contribution in [1.29, 1.82) is 0 Å². The number of aromatic nitrogens is 1. The first-order valence-corrected chi connectivity index (χ1v) is 9.82. The van der Waals surface area contributed by atoms with E-state index in [9.17, 15) is 4.79 Å². The fourth-order valence-electron chi connectivity index (χ4n) is 3.69. The molecule has 29 heavy (non-hydrogen) atoms. The summed E-state index contributed by atoms with van der Waals surface area (Å²) in [6.45, 7) is 4.58. The van der Waals surface area contributed by atoms with Gasteiger partial charge in [0.2, 0.25) is 5.91 Å². The maximum Gasteiger partial charge on any atom is 0.224 e. The van der Waals surface area contributed by atoms with E-state index in [4.69, 9.17) is 4.74 Å². The molecule has 1 N–H and O–H groups in total. The predicted molar refractivity (Wildman–Crippen MR) is 117 cm³/mol. The zero-order valence-electron chi connectivity index (χ0n) is 17.8. The zero-order valence-corrected chi connectivity index (χ0v) is 17.8. The van der Waals surface area contributed by atoms with E-state index in [1.54, 1.807) is 7.11 Å². The van der Waals surface area contributed by atoms with Crippen LogP contribution in [0.3, 0.4) is 0 Å². The van der Waals surface area contributed by atoms with Gasteiger partial charge >= 0.3 is 0 Å². The summed E-state index contributed by atoms with van der Waals surface area (Å²) in [6, 6.07) is 16.1. The highest BCUT2D eigenvalue weighted by Gasteiger charge is 2.17. The molecule has 0 bridgehead atoms. The van der Waals surface area contributed by atoms with Crippen molar-refractivity contribution in [2.45, 2.75) is 26.3 Å². The van der Waals surface area contributed by atoms with Crippen LogP contribution >= 0.6 is 0 Å². The molecule has 0 saturated heterocycles. The molecule has 0 radical (unpaired) electrons. The lowest BCUT2D eigenvalue weighted by atomic mass is 9.99. The normalized spacial score (nSPS) is 12.2. The Morgan fingerprint density at radius 3 is 2.45 bits per heavy atom. The lowest BCUT2D eigenvalue weighted by Gasteiger charge is -2.25. The third-order valence-electron chi connectivity index (χ3n) is 5.44. The smallest absolute Gasteiger partial charge is 0.224 e. The number of fused-ring (bicyclic) bond motifs is 1. The second kappa shape index (κ2) is 9.05. The topological polar surface area (TPSA) is 54.5 Å². The molecule has 5 heteroatoms. The summed E-state index contributed by atoms with van der Waals surface area (Å²) in [5.74, 6) is 0.832. The lowest BCUT2D eigenvalue weighted by molar-refractivity contribution is -0.120. The minimum absolute atomic E-state index is 0.00800. The Bertz CT molecular complexity index is 997. The van der Waals surface area contributed by atoms with Crippen LogP contribution in [-0.2, 0) is 11.2 Å². The number of carbonyl (C=O) groups excluding carboxylic acids is 1. The summed E-state index contributed by atoms with van der Waals surface area (Å²) in [6.07, 6.45) is 0.332. The van der Waals surface area contributed by atoms with Crippen molar-refractivity contribution in [2.24, 2.45) is 0 Å². The number of hydrogen-bond donors (Lipinski definition) is 1. The van der Waals surface area contributed by atoms with Crippen LogP contribution in [0.25, 0.3) is 10.9 Å². The summed E-state index contributed by atoms with van der Waals surface area (Å²) in [7, 11) is 5.69. The quantitative estimate of drug-likeness (QED) is 0.665. The summed E-state index contributed by atoms with van der Waals surface area (Å²) in [5, 5.41) is 4.20. The SMILES string of the molecule is COc1ccc(C(CNC(=O)Cc2c(C)nc3ccccc3c2C)N(C)C)cc1. The standard InChI is InChI=1S/C24H29N3O2/c1-16-20-8-6-7-9-22(20)26-17(2)21(16)14-24(28)25-15-23(27(3)4)18-10-12-19(29-5)13-11-18/h6-13,23H,14-15H2,1-5H3,(H,25,28). The van der Waals surface area contributed by atoms with E-state index < -0.39 is 0 Å². The van der Waals surface area contributed by atoms with Gasteiger partial charge in [0, 0.05) is 17.6 Å². The van der Waals surface area contributed by atoms with Crippen LogP contribution < -0.4 is 10.1 Å². The van der Waals surface area contributed by atoms with E-state index in [1.807, 2.05) is 63.5 Å². The Morgan fingerprint density at radius 2 is 1.79 bits per heavy atom. The van der Waals surface area contributed by atoms with Gasteiger partial charge in [-0.3, -0.25) is 9.78 Å². The molecule has 1 heterocycles. The van der Waals surface area contributed by atoms with Crippen molar-refractivity contribution in [1.82, 2.24) is 15.2 Å². The zero-order chi connectivity index (χ0) is 21.0. The number of hydrogen-bond acceptors (Lipinski definition) is 4. The fraction of sp³-hybridized carbons (Fsp3) is 0.333. The van der Waals surface area contributed by atoms with E-state index in [2.05, 4.69) is 28.2 Å². The number of ether oxygens (including phenoxy) is 1. The molecule has 3 rings (SSSR count). The number of likely N-dealkylation sites (N-methyl/N-ethyl adjacent to an activating group) is 1. The monoisotopic (exact) mass is 391 g/mol. The van der Waals surface area contributed by atoms with Gasteiger partial charge in [-0.2, -0.15) is 0 Å². The Labute approximate surface area is 172 Å². The number of pyridine rings is 1. The number of benzene rings is 2. The second-order valence-electron chi connectivity index (χ2n) is 7.55. The van der Waals surface area contributed by atoms with Gasteiger partial charge < -0.3 is 15.0 Å². The second-order valence-corrected chi connectivity index (χ2v) is 7.55. The van der Waals surface area contributed by atoms with E-state index in [0.717, 1.165) is 39.0 Å². The number of nitrogens with one attached hydrogen (secondary N) is 1. The highest BCUT2D eigenvalue weighted by atomic mass is 16.5. The maximum absolute atomic E-state index is 12.7. The van der Waals surface area contributed by atoms with E-state index in [0.29, 0.717) is 13.0 Å². The molecule has 0 aliphatic heterocycles. The molecule has 0 saturated carbocycles. The van der Waals surface area contributed by atoms with Crippen LogP contribution in [0.1, 0.15) is 28.4 Å². The molecule has 3 aromatic rings. The van der Waals surface area contributed by atoms with E-state index in [1.165, 1.54) is 0 Å². The van der Waals surface area contributed by atoms with Crippen molar-refractivity contribution in [3.63, 3.8) is 0 Å². The molecule has 0 fully saturated rings. The largest absolute Gasteiger partial charge is 0.497 e. The summed E-state index contributed by atoms with van der Waals surface area (Å²) >= 11 is 0. The molecule has 5 nitrogen and oxygen atoms in total. The lowest BCUT2D eigenvalue weighted by Crippen LogP contribution is -2.35. The summed E-state index contributed by atoms with van der Waals surface area (Å²) in [5.41, 5.74) is 5.15. The highest BCUT2D eigenvalue weighted by molar-refractivity contribution is 5.86. The van der Waals surface area contributed by atoms with Gasteiger partial charge in [-0.25, -0.2) is 0 Å². The molecule has 152 valence electrons. The van der Waals surface area contributed by atoms with Crippen LogP contribution in [0.2, 0.25) is 0 Å². The van der Waals surface area contributed by atoms with Gasteiger partial charge in [0.15, 0.2) is 0 Å². The third-order valence-corrected chi connectivity index (χ3v) is 5.44. The van der Waals surface area contributed by atoms with E-state index in [-0.39, 0.29) is 11.9 Å². The number of nitrogens with zero attached hydrogens (tertiary/aromatic N) is 2. The van der Waals surface area contributed by atoms with Gasteiger partial charge in [-0.15, -0.1) is 0 Å². The molecular weight excluding hydrogens is 362 g/mol. The van der Waals surface area contributed by atoms with Gasteiger partial charge in [-0.1, -0.05) is 30.3 Å². The first-order chi connectivity index (χ1) is 13.9. The summed E-state index contributed by atoms with van der Waals surface area (Å²) < 4.78 is 5.24. The van der Waals surface area contributed by atoms with E-state index >= 15 is 0 Å². The summed E-state index contributed by atoms with van der Waals surface area (Å²) in [4.78, 5) is 19.5. The Kier molecular flexibility index (Phi) is 6.49. The maximum atomic E-state index is 12.7. The first-order valence-electron chi connectivity index (χ1n) is 9.82. The minimum Gasteiger partial charge on any atom is -0.497 e. The molecule has 1 aromatic heterocycles. The number of carbonyl (C=O) groups is 1. The van der Waals surface area contributed by atoms with Gasteiger partial charge in [0.25, 0.3) is 0 Å². The molecule has 2 aromatic carbocycles. The van der Waals surface area contributed by atoms with Crippen molar-refractivity contribution < 1.29 is 9.53 Å². The third kappa shape index (κ3) is 4.74. The minimum atomic E-state index is 0.00800. The highest BCUT2D eigenvalue weighted by Crippen LogP contribution is 2.23. The van der Waals surface area contributed by atoms with Crippen LogP contribution in [0.5, 0.6) is 5.75 Å². The van der Waals surface area contributed by atoms with Crippen LogP contribution in [0.15, 0.2) is 48.5 Å². The number of methoxy groups -OCH3 is 1. The molecular formula is C24H29N3O2. The molecule has 1 atom stereocenters. The molecule has 1 unspecified atom stereocenters. The molecule has 0 spiro atoms. The number of aryl methyl sites for hydroxylation is 2. The molecule has 1 amide bonds. The predicted octanol–water partition coefficient (Wildman–Crippen LogP) is 3.82. The van der Waals surface area contributed by atoms with Gasteiger partial charge in [0.1, 0.15) is 5.75 Å². The van der Waals surface area contributed by atoms with Crippen LogP contribution in [-0.4, -0.2) is 43.5 Å². The Balaban J connectivity index is 1.72. The average molecular weight is 392 g/mol. The van der Waals surface area contributed by atoms with Crippen molar-refractivity contribution in [3.05, 3.63) is 70.9 Å². The number of rotatable bonds is 7. The van der Waals surface area contributed by atoms with Crippen molar-refractivity contribution >= 4 is 16.8 Å². The first kappa shape index (κ1) is 20.8. The van der Waals surface area contributed by atoms with Crippen molar-refractivity contribution in [2.75, 3.05) is 27.7 Å². The average Bonchev–Trinajstić information content (AvgIpc) is 2.71. The number of amides is 1. The number of para-hydroxylation sites is 1. The van der Waals surface area contributed by atoms with Gasteiger partial charge in [0.05, 0.1) is 25.1 Å². The van der Waals surface area contributed by atoms with Crippen LogP contribution in [0, 0.1) is 13.8 Å². The van der Waals surface area contributed by atoms with Gasteiger partial charge in [-0.05, 0) is 62.8 Å². The molecule has 0 aliphatic carbocycles. The Morgan fingerprint density at radius 1 is 1.10 bits per heavy atom. The fourth-order valence-corrected chi connectivity index (χ4v) is 3.69. The van der Waals surface area contributed by atoms with Crippen LogP contribution in [0.4, 0.5) is 0 Å². The molecule has 0 aliphatic rings. The van der Waals surface area contributed by atoms with Crippen molar-refractivity contribution in [3.8, 4) is 5.75 Å². The Hall–Kier alpha value is -2.92.